The molecule has 2 amide bonds. The van der Waals surface area contributed by atoms with E-state index >= 15 is 0 Å². The maximum absolute atomic E-state index is 12.5. The molecule has 0 bridgehead atoms. The smallest absolute Gasteiger partial charge is 0.319 e. The summed E-state index contributed by atoms with van der Waals surface area (Å²) in [4.78, 5) is 16.0. The van der Waals surface area contributed by atoms with Gasteiger partial charge in [-0.25, -0.2) is 13.2 Å². The number of benzene rings is 2. The molecule has 0 aliphatic heterocycles. The van der Waals surface area contributed by atoms with Crippen LogP contribution in [0.3, 0.4) is 0 Å². The van der Waals surface area contributed by atoms with E-state index in [2.05, 4.69) is 20.3 Å². The summed E-state index contributed by atoms with van der Waals surface area (Å²) in [6, 6.07) is 14.0. The van der Waals surface area contributed by atoms with Crippen LogP contribution in [0.25, 0.3) is 0 Å². The molecule has 150 valence electrons. The molecule has 1 heterocycles. The number of halogens is 1. The van der Waals surface area contributed by atoms with Crippen LogP contribution in [0.4, 0.5) is 16.2 Å². The normalized spacial score (nSPS) is 11.0. The zero-order valence-corrected chi connectivity index (χ0v) is 17.1. The Bertz CT molecular complexity index is 1100. The molecular weight excluding hydrogens is 412 g/mol. The third-order valence-corrected chi connectivity index (χ3v) is 5.83. The van der Waals surface area contributed by atoms with Crippen molar-refractivity contribution in [2.24, 2.45) is 0 Å². The molecule has 0 saturated heterocycles. The van der Waals surface area contributed by atoms with Gasteiger partial charge in [0.05, 0.1) is 4.90 Å². The lowest BCUT2D eigenvalue weighted by molar-refractivity contribution is 0.251. The third kappa shape index (κ3) is 5.69. The summed E-state index contributed by atoms with van der Waals surface area (Å²) in [5.74, 6) is 0. The molecule has 0 aliphatic rings. The van der Waals surface area contributed by atoms with Gasteiger partial charge in [-0.15, -0.1) is 0 Å². The van der Waals surface area contributed by atoms with Crippen LogP contribution in [0, 0.1) is 6.92 Å². The number of nitrogens with one attached hydrogen (secondary N) is 3. The van der Waals surface area contributed by atoms with Crippen LogP contribution in [0.5, 0.6) is 0 Å². The highest BCUT2D eigenvalue weighted by Gasteiger charge is 2.15. The Kier molecular flexibility index (Phi) is 6.36. The lowest BCUT2D eigenvalue weighted by Crippen LogP contribution is -2.28. The van der Waals surface area contributed by atoms with Crippen molar-refractivity contribution in [2.75, 3.05) is 10.0 Å². The maximum atomic E-state index is 12.5. The second kappa shape index (κ2) is 8.93. The number of pyridine rings is 1. The number of aryl methyl sites for hydroxylation is 1. The predicted octanol–water partition coefficient (Wildman–Crippen LogP) is 4.17. The van der Waals surface area contributed by atoms with Crippen molar-refractivity contribution in [3.63, 3.8) is 0 Å². The first-order chi connectivity index (χ1) is 13.8. The highest BCUT2D eigenvalue weighted by Crippen LogP contribution is 2.22. The van der Waals surface area contributed by atoms with E-state index in [1.807, 2.05) is 6.07 Å². The summed E-state index contributed by atoms with van der Waals surface area (Å²) in [5, 5.41) is 5.92. The predicted molar refractivity (Wildman–Crippen MR) is 114 cm³/mol. The van der Waals surface area contributed by atoms with Crippen LogP contribution in [-0.2, 0) is 16.6 Å². The van der Waals surface area contributed by atoms with Crippen molar-refractivity contribution in [1.82, 2.24) is 10.3 Å². The Morgan fingerprint density at radius 2 is 1.79 bits per heavy atom. The number of sulfonamides is 1. The molecule has 0 spiro atoms. The fourth-order valence-electron chi connectivity index (χ4n) is 2.50. The van der Waals surface area contributed by atoms with Gasteiger partial charge < -0.3 is 10.6 Å². The standard InChI is InChI=1S/C20H19ClN4O3S/c1-14-11-17(6-9-19(14)21)25-29(27,28)18-7-4-16(5-8-18)24-20(26)23-13-15-3-2-10-22-12-15/h2-12,25H,13H2,1H3,(H2,23,24,26). The molecule has 29 heavy (non-hydrogen) atoms. The molecule has 2 aromatic carbocycles. The van der Waals surface area contributed by atoms with E-state index in [9.17, 15) is 13.2 Å². The summed E-state index contributed by atoms with van der Waals surface area (Å²) in [7, 11) is -3.76. The monoisotopic (exact) mass is 430 g/mol. The fourth-order valence-corrected chi connectivity index (χ4v) is 3.67. The van der Waals surface area contributed by atoms with Crippen LogP contribution in [-0.4, -0.2) is 19.4 Å². The summed E-state index contributed by atoms with van der Waals surface area (Å²) in [6.07, 6.45) is 3.32. The molecule has 3 aromatic rings. The molecule has 3 rings (SSSR count). The van der Waals surface area contributed by atoms with Crippen LogP contribution in [0.2, 0.25) is 5.02 Å². The third-order valence-electron chi connectivity index (χ3n) is 4.01. The second-order valence-electron chi connectivity index (χ2n) is 6.26. The van der Waals surface area contributed by atoms with Gasteiger partial charge in [-0.3, -0.25) is 9.71 Å². The first kappa shape index (κ1) is 20.6. The molecule has 1 aromatic heterocycles. The quantitative estimate of drug-likeness (QED) is 0.546. The number of carbonyl (C=O) groups excluding carboxylic acids is 1. The van der Waals surface area contributed by atoms with Crippen molar-refractivity contribution in [3.8, 4) is 0 Å². The highest BCUT2D eigenvalue weighted by molar-refractivity contribution is 7.92. The molecule has 3 N–H and O–H groups in total. The van der Waals surface area contributed by atoms with E-state index in [1.165, 1.54) is 24.3 Å². The van der Waals surface area contributed by atoms with Gasteiger partial charge >= 0.3 is 6.03 Å². The van der Waals surface area contributed by atoms with Crippen molar-refractivity contribution < 1.29 is 13.2 Å². The Hall–Kier alpha value is -3.10. The zero-order valence-electron chi connectivity index (χ0n) is 15.5. The van der Waals surface area contributed by atoms with Crippen molar-refractivity contribution in [1.29, 1.82) is 0 Å². The molecule has 0 fully saturated rings. The first-order valence-electron chi connectivity index (χ1n) is 8.66. The van der Waals surface area contributed by atoms with Crippen LogP contribution >= 0.6 is 11.6 Å². The number of aromatic nitrogens is 1. The summed E-state index contributed by atoms with van der Waals surface area (Å²) >= 11 is 5.97. The lowest BCUT2D eigenvalue weighted by atomic mass is 10.2. The van der Waals surface area contributed by atoms with Gasteiger partial charge in [-0.2, -0.15) is 0 Å². The molecule has 0 aliphatic carbocycles. The zero-order chi connectivity index (χ0) is 20.9. The number of nitrogens with zero attached hydrogens (tertiary/aromatic N) is 1. The summed E-state index contributed by atoms with van der Waals surface area (Å²) in [6.45, 7) is 2.12. The van der Waals surface area contributed by atoms with Crippen molar-refractivity contribution in [2.45, 2.75) is 18.4 Å². The number of rotatable bonds is 6. The van der Waals surface area contributed by atoms with Crippen molar-refractivity contribution in [3.05, 3.63) is 83.1 Å². The van der Waals surface area contributed by atoms with Gasteiger partial charge in [0, 0.05) is 35.3 Å². The number of carbonyl (C=O) groups is 1. The van der Waals surface area contributed by atoms with Gasteiger partial charge in [-0.1, -0.05) is 17.7 Å². The average Bonchev–Trinajstić information content (AvgIpc) is 2.70. The molecule has 0 atom stereocenters. The minimum Gasteiger partial charge on any atom is -0.334 e. The molecular formula is C20H19ClN4O3S. The SMILES string of the molecule is Cc1cc(NS(=O)(=O)c2ccc(NC(=O)NCc3cccnc3)cc2)ccc1Cl. The molecule has 0 unspecified atom stereocenters. The van der Waals surface area contributed by atoms with Crippen molar-refractivity contribution >= 4 is 39.0 Å². The van der Waals surface area contributed by atoms with E-state index in [1.54, 1.807) is 43.6 Å². The Morgan fingerprint density at radius 1 is 1.07 bits per heavy atom. The second-order valence-corrected chi connectivity index (χ2v) is 8.35. The molecule has 9 heteroatoms. The van der Waals surface area contributed by atoms with E-state index in [0.717, 1.165) is 11.1 Å². The van der Waals surface area contributed by atoms with Crippen LogP contribution in [0.15, 0.2) is 71.9 Å². The number of urea groups is 1. The van der Waals surface area contributed by atoms with Crippen LogP contribution in [0.1, 0.15) is 11.1 Å². The molecule has 0 saturated carbocycles. The number of anilines is 2. The summed E-state index contributed by atoms with van der Waals surface area (Å²) in [5.41, 5.74) is 2.52. The van der Waals surface area contributed by atoms with Crippen LogP contribution < -0.4 is 15.4 Å². The van der Waals surface area contributed by atoms with E-state index < -0.39 is 16.1 Å². The topological polar surface area (TPSA) is 100 Å². The molecule has 0 radical (unpaired) electrons. The highest BCUT2D eigenvalue weighted by atomic mass is 35.5. The number of hydrogen-bond donors (Lipinski definition) is 3. The Labute approximate surface area is 174 Å². The van der Waals surface area contributed by atoms with Gasteiger partial charge in [0.15, 0.2) is 0 Å². The number of amides is 2. The van der Waals surface area contributed by atoms with E-state index in [0.29, 0.717) is 22.9 Å². The fraction of sp³-hybridized carbons (Fsp3) is 0.100. The Balaban J connectivity index is 1.61. The minimum absolute atomic E-state index is 0.0754. The number of hydrogen-bond acceptors (Lipinski definition) is 4. The van der Waals surface area contributed by atoms with Gasteiger partial charge in [0.1, 0.15) is 0 Å². The lowest BCUT2D eigenvalue weighted by Gasteiger charge is -2.11. The Morgan fingerprint density at radius 3 is 2.45 bits per heavy atom. The van der Waals surface area contributed by atoms with E-state index in [-0.39, 0.29) is 4.90 Å². The van der Waals surface area contributed by atoms with E-state index in [4.69, 9.17) is 11.6 Å². The van der Waals surface area contributed by atoms with Gasteiger partial charge in [0.2, 0.25) is 0 Å². The summed E-state index contributed by atoms with van der Waals surface area (Å²) < 4.78 is 27.6. The minimum atomic E-state index is -3.76. The van der Waals surface area contributed by atoms with Gasteiger partial charge in [0.25, 0.3) is 10.0 Å². The first-order valence-corrected chi connectivity index (χ1v) is 10.5. The van der Waals surface area contributed by atoms with Gasteiger partial charge in [-0.05, 0) is 66.6 Å². The largest absolute Gasteiger partial charge is 0.334 e. The molecule has 7 nitrogen and oxygen atoms in total. The maximum Gasteiger partial charge on any atom is 0.319 e. The average molecular weight is 431 g/mol.